The lowest BCUT2D eigenvalue weighted by molar-refractivity contribution is 0.466. The fraction of sp³-hybridized carbons (Fsp3) is 0.278. The summed E-state index contributed by atoms with van der Waals surface area (Å²) in [7, 11) is -1.92. The van der Waals surface area contributed by atoms with Crippen molar-refractivity contribution >= 4 is 31.6 Å². The lowest BCUT2D eigenvalue weighted by Gasteiger charge is -2.16. The third-order valence-corrected chi connectivity index (χ3v) is 6.79. The summed E-state index contributed by atoms with van der Waals surface area (Å²) in [6.07, 6.45) is 0. The zero-order valence-electron chi connectivity index (χ0n) is 13.9. The fourth-order valence-electron chi connectivity index (χ4n) is 2.47. The Labute approximate surface area is 146 Å². The second kappa shape index (κ2) is 6.63. The molecular weight excluding hydrogens is 340 g/mol. The lowest BCUT2D eigenvalue weighted by atomic mass is 10.0. The van der Waals surface area contributed by atoms with E-state index < -0.39 is 10.0 Å². The Morgan fingerprint density at radius 2 is 1.75 bits per heavy atom. The van der Waals surface area contributed by atoms with E-state index >= 15 is 0 Å². The minimum atomic E-state index is -3.52. The highest BCUT2D eigenvalue weighted by Crippen LogP contribution is 2.25. The van der Waals surface area contributed by atoms with Crippen LogP contribution in [0.15, 0.2) is 53.4 Å². The molecule has 0 saturated heterocycles. The van der Waals surface area contributed by atoms with E-state index in [0.717, 1.165) is 20.8 Å². The SMILES string of the molecule is CC(C)c1ccc(S(=O)(=O)N(C)Cc2nc3ccccc3s2)cc1. The number of rotatable bonds is 5. The molecule has 3 aromatic rings. The number of aromatic nitrogens is 1. The van der Waals surface area contributed by atoms with Gasteiger partial charge in [0.25, 0.3) is 0 Å². The van der Waals surface area contributed by atoms with Crippen LogP contribution in [0.5, 0.6) is 0 Å². The largest absolute Gasteiger partial charge is 0.243 e. The molecule has 0 aliphatic rings. The summed E-state index contributed by atoms with van der Waals surface area (Å²) in [6.45, 7) is 4.44. The molecule has 1 heterocycles. The highest BCUT2D eigenvalue weighted by atomic mass is 32.2. The van der Waals surface area contributed by atoms with E-state index in [-0.39, 0.29) is 6.54 Å². The van der Waals surface area contributed by atoms with Crippen molar-refractivity contribution in [3.63, 3.8) is 0 Å². The number of fused-ring (bicyclic) bond motifs is 1. The van der Waals surface area contributed by atoms with Gasteiger partial charge in [-0.05, 0) is 35.7 Å². The van der Waals surface area contributed by atoms with Crippen molar-refractivity contribution in [3.8, 4) is 0 Å². The van der Waals surface area contributed by atoms with Crippen LogP contribution in [-0.2, 0) is 16.6 Å². The van der Waals surface area contributed by atoms with Crippen molar-refractivity contribution in [1.29, 1.82) is 0 Å². The summed E-state index contributed by atoms with van der Waals surface area (Å²) in [5.41, 5.74) is 2.03. The smallest absolute Gasteiger partial charge is 0.240 e. The van der Waals surface area contributed by atoms with Gasteiger partial charge < -0.3 is 0 Å². The van der Waals surface area contributed by atoms with E-state index in [2.05, 4.69) is 18.8 Å². The molecule has 0 fully saturated rings. The van der Waals surface area contributed by atoms with Gasteiger partial charge in [-0.3, -0.25) is 0 Å². The van der Waals surface area contributed by atoms with Crippen molar-refractivity contribution in [2.45, 2.75) is 31.2 Å². The maximum Gasteiger partial charge on any atom is 0.243 e. The quantitative estimate of drug-likeness (QED) is 0.684. The molecule has 0 amide bonds. The molecule has 0 saturated carbocycles. The topological polar surface area (TPSA) is 50.3 Å². The Kier molecular flexibility index (Phi) is 4.71. The van der Waals surface area contributed by atoms with Crippen molar-refractivity contribution in [2.75, 3.05) is 7.05 Å². The van der Waals surface area contributed by atoms with Gasteiger partial charge in [-0.25, -0.2) is 13.4 Å². The number of nitrogens with zero attached hydrogens (tertiary/aromatic N) is 2. The number of hydrogen-bond donors (Lipinski definition) is 0. The molecule has 2 aromatic carbocycles. The van der Waals surface area contributed by atoms with E-state index in [1.54, 1.807) is 19.2 Å². The minimum absolute atomic E-state index is 0.271. The summed E-state index contributed by atoms with van der Waals surface area (Å²) in [6, 6.07) is 14.9. The number of benzene rings is 2. The molecule has 0 aliphatic carbocycles. The van der Waals surface area contributed by atoms with E-state index in [9.17, 15) is 8.42 Å². The normalized spacial score (nSPS) is 12.4. The predicted octanol–water partition coefficient (Wildman–Crippen LogP) is 4.24. The molecule has 0 radical (unpaired) electrons. The van der Waals surface area contributed by atoms with Gasteiger partial charge in [0.05, 0.1) is 21.7 Å². The van der Waals surface area contributed by atoms with Crippen molar-refractivity contribution in [3.05, 3.63) is 59.1 Å². The van der Waals surface area contributed by atoms with Gasteiger partial charge >= 0.3 is 0 Å². The van der Waals surface area contributed by atoms with Crippen molar-refractivity contribution in [1.82, 2.24) is 9.29 Å². The molecule has 0 atom stereocenters. The van der Waals surface area contributed by atoms with Crippen LogP contribution in [0.25, 0.3) is 10.2 Å². The Morgan fingerprint density at radius 1 is 1.08 bits per heavy atom. The average Bonchev–Trinajstić information content (AvgIpc) is 2.97. The van der Waals surface area contributed by atoms with Crippen LogP contribution in [-0.4, -0.2) is 24.8 Å². The highest BCUT2D eigenvalue weighted by Gasteiger charge is 2.22. The van der Waals surface area contributed by atoms with Crippen LogP contribution in [0.3, 0.4) is 0 Å². The number of sulfonamides is 1. The Bertz CT molecular complexity index is 912. The summed E-state index contributed by atoms with van der Waals surface area (Å²) in [4.78, 5) is 4.82. The second-order valence-corrected chi connectivity index (χ2v) is 9.22. The maximum atomic E-state index is 12.7. The van der Waals surface area contributed by atoms with Crippen LogP contribution in [0.4, 0.5) is 0 Å². The number of thiazole rings is 1. The van der Waals surface area contributed by atoms with Crippen LogP contribution >= 0.6 is 11.3 Å². The lowest BCUT2D eigenvalue weighted by Crippen LogP contribution is -2.26. The zero-order valence-corrected chi connectivity index (χ0v) is 15.6. The first kappa shape index (κ1) is 17.1. The van der Waals surface area contributed by atoms with Crippen LogP contribution in [0, 0.1) is 0 Å². The van der Waals surface area contributed by atoms with Crippen LogP contribution in [0.1, 0.15) is 30.3 Å². The van der Waals surface area contributed by atoms with E-state index in [1.165, 1.54) is 15.6 Å². The first-order valence-corrected chi connectivity index (χ1v) is 10.0. The van der Waals surface area contributed by atoms with Gasteiger partial charge in [0.2, 0.25) is 10.0 Å². The van der Waals surface area contributed by atoms with Crippen LogP contribution < -0.4 is 0 Å². The van der Waals surface area contributed by atoms with Gasteiger partial charge in [-0.1, -0.05) is 38.1 Å². The maximum absolute atomic E-state index is 12.7. The van der Waals surface area contributed by atoms with Crippen molar-refractivity contribution in [2.24, 2.45) is 0 Å². The molecule has 0 unspecified atom stereocenters. The third kappa shape index (κ3) is 3.36. The first-order valence-electron chi connectivity index (χ1n) is 7.78. The van der Waals surface area contributed by atoms with Gasteiger partial charge in [0, 0.05) is 7.05 Å². The van der Waals surface area contributed by atoms with Gasteiger partial charge in [-0.2, -0.15) is 4.31 Å². The minimum Gasteiger partial charge on any atom is -0.240 e. The van der Waals surface area contributed by atoms with Crippen molar-refractivity contribution < 1.29 is 8.42 Å². The highest BCUT2D eigenvalue weighted by molar-refractivity contribution is 7.89. The molecule has 0 aliphatic heterocycles. The molecular formula is C18H20N2O2S2. The summed E-state index contributed by atoms with van der Waals surface area (Å²) < 4.78 is 27.9. The Hall–Kier alpha value is -1.76. The van der Waals surface area contributed by atoms with E-state index in [4.69, 9.17) is 0 Å². The predicted molar refractivity (Wildman–Crippen MR) is 98.8 cm³/mol. The number of para-hydroxylation sites is 1. The van der Waals surface area contributed by atoms with Gasteiger partial charge in [0.1, 0.15) is 5.01 Å². The fourth-order valence-corrected chi connectivity index (χ4v) is 4.70. The molecule has 3 rings (SSSR count). The molecule has 4 nitrogen and oxygen atoms in total. The molecule has 0 spiro atoms. The first-order chi connectivity index (χ1) is 11.4. The average molecular weight is 361 g/mol. The molecule has 24 heavy (non-hydrogen) atoms. The molecule has 6 heteroatoms. The third-order valence-electron chi connectivity index (χ3n) is 3.95. The molecule has 0 N–H and O–H groups in total. The molecule has 0 bridgehead atoms. The van der Waals surface area contributed by atoms with Crippen LogP contribution in [0.2, 0.25) is 0 Å². The van der Waals surface area contributed by atoms with Gasteiger partial charge in [-0.15, -0.1) is 11.3 Å². The standard InChI is InChI=1S/C18H20N2O2S2/c1-13(2)14-8-10-15(11-9-14)24(21,22)20(3)12-18-19-16-6-4-5-7-17(16)23-18/h4-11,13H,12H2,1-3H3. The Morgan fingerprint density at radius 3 is 2.38 bits per heavy atom. The molecule has 1 aromatic heterocycles. The summed E-state index contributed by atoms with van der Waals surface area (Å²) in [5.74, 6) is 0.377. The Balaban J connectivity index is 1.83. The monoisotopic (exact) mass is 360 g/mol. The summed E-state index contributed by atoms with van der Waals surface area (Å²) >= 11 is 1.53. The van der Waals surface area contributed by atoms with E-state index in [0.29, 0.717) is 10.8 Å². The second-order valence-electron chi connectivity index (χ2n) is 6.06. The number of hydrogen-bond acceptors (Lipinski definition) is 4. The van der Waals surface area contributed by atoms with E-state index in [1.807, 2.05) is 36.4 Å². The zero-order chi connectivity index (χ0) is 17.3. The van der Waals surface area contributed by atoms with Gasteiger partial charge in [0.15, 0.2) is 0 Å². The molecule has 126 valence electrons. The summed E-state index contributed by atoms with van der Waals surface area (Å²) in [5, 5.41) is 0.793.